The molecule has 0 saturated carbocycles. The van der Waals surface area contributed by atoms with Crippen LogP contribution in [0, 0.1) is 0 Å². The number of ether oxygens (including phenoxy) is 1. The first-order chi connectivity index (χ1) is 10.7. The molecule has 1 aliphatic heterocycles. The van der Waals surface area contributed by atoms with E-state index in [1.807, 2.05) is 6.92 Å². The van der Waals surface area contributed by atoms with Crippen molar-refractivity contribution in [1.82, 2.24) is 9.78 Å². The molecule has 2 heterocycles. The predicted octanol–water partition coefficient (Wildman–Crippen LogP) is 3.54. The number of nitrogens with zero attached hydrogens (tertiary/aromatic N) is 2. The van der Waals surface area contributed by atoms with Gasteiger partial charge in [0.15, 0.2) is 0 Å². The SMILES string of the molecule is CCOCCc1nn(-c2ccccc2C(C)C)c2c1CCN2. The molecule has 0 saturated heterocycles. The summed E-state index contributed by atoms with van der Waals surface area (Å²) in [6, 6.07) is 8.55. The molecule has 0 bridgehead atoms. The Kier molecular flexibility index (Phi) is 4.48. The summed E-state index contributed by atoms with van der Waals surface area (Å²) in [6.45, 7) is 8.99. The summed E-state index contributed by atoms with van der Waals surface area (Å²) < 4.78 is 7.60. The Hall–Kier alpha value is -1.81. The molecule has 118 valence electrons. The summed E-state index contributed by atoms with van der Waals surface area (Å²) in [7, 11) is 0. The highest BCUT2D eigenvalue weighted by Gasteiger charge is 2.24. The summed E-state index contributed by atoms with van der Waals surface area (Å²) in [6.07, 6.45) is 1.94. The van der Waals surface area contributed by atoms with Gasteiger partial charge in [0, 0.05) is 25.1 Å². The van der Waals surface area contributed by atoms with Crippen molar-refractivity contribution in [3.05, 3.63) is 41.1 Å². The minimum Gasteiger partial charge on any atom is -0.381 e. The molecule has 3 rings (SSSR count). The zero-order valence-electron chi connectivity index (χ0n) is 13.7. The minimum atomic E-state index is 0.476. The van der Waals surface area contributed by atoms with Crippen molar-refractivity contribution in [3.8, 4) is 5.69 Å². The van der Waals surface area contributed by atoms with Crippen LogP contribution in [0.1, 0.15) is 43.5 Å². The number of aromatic nitrogens is 2. The topological polar surface area (TPSA) is 39.1 Å². The molecular weight excluding hydrogens is 274 g/mol. The van der Waals surface area contributed by atoms with Crippen molar-refractivity contribution >= 4 is 5.82 Å². The first kappa shape index (κ1) is 15.1. The highest BCUT2D eigenvalue weighted by molar-refractivity contribution is 5.58. The van der Waals surface area contributed by atoms with E-state index < -0.39 is 0 Å². The van der Waals surface area contributed by atoms with E-state index in [1.165, 1.54) is 28.3 Å². The van der Waals surface area contributed by atoms with Gasteiger partial charge >= 0.3 is 0 Å². The van der Waals surface area contributed by atoms with Gasteiger partial charge in [-0.25, -0.2) is 4.68 Å². The maximum absolute atomic E-state index is 5.50. The highest BCUT2D eigenvalue weighted by atomic mass is 16.5. The Bertz CT molecular complexity index is 646. The summed E-state index contributed by atoms with van der Waals surface area (Å²) in [5.41, 5.74) is 5.05. The van der Waals surface area contributed by atoms with Crippen LogP contribution in [0.5, 0.6) is 0 Å². The van der Waals surface area contributed by atoms with E-state index in [-0.39, 0.29) is 0 Å². The van der Waals surface area contributed by atoms with E-state index in [9.17, 15) is 0 Å². The number of hydrogen-bond donors (Lipinski definition) is 1. The van der Waals surface area contributed by atoms with Gasteiger partial charge < -0.3 is 10.1 Å². The largest absolute Gasteiger partial charge is 0.381 e. The van der Waals surface area contributed by atoms with Gasteiger partial charge in [-0.05, 0) is 30.9 Å². The molecule has 1 aromatic carbocycles. The van der Waals surface area contributed by atoms with Crippen LogP contribution < -0.4 is 5.32 Å². The van der Waals surface area contributed by atoms with Crippen LogP contribution in [-0.4, -0.2) is 29.5 Å². The van der Waals surface area contributed by atoms with Crippen molar-refractivity contribution in [2.45, 2.75) is 39.5 Å². The number of anilines is 1. The van der Waals surface area contributed by atoms with Gasteiger partial charge in [0.25, 0.3) is 0 Å². The van der Waals surface area contributed by atoms with Crippen LogP contribution in [0.15, 0.2) is 24.3 Å². The van der Waals surface area contributed by atoms with E-state index in [1.54, 1.807) is 0 Å². The van der Waals surface area contributed by atoms with Gasteiger partial charge in [-0.3, -0.25) is 0 Å². The van der Waals surface area contributed by atoms with E-state index in [2.05, 4.69) is 48.1 Å². The van der Waals surface area contributed by atoms with Crippen molar-refractivity contribution in [2.24, 2.45) is 0 Å². The normalized spacial score (nSPS) is 13.5. The molecule has 0 radical (unpaired) electrons. The molecular formula is C18H25N3O. The van der Waals surface area contributed by atoms with E-state index in [0.717, 1.165) is 32.6 Å². The third kappa shape index (κ3) is 2.75. The third-order valence-electron chi connectivity index (χ3n) is 4.21. The predicted molar refractivity (Wildman–Crippen MR) is 90.0 cm³/mol. The smallest absolute Gasteiger partial charge is 0.133 e. The van der Waals surface area contributed by atoms with Gasteiger partial charge in [-0.15, -0.1) is 0 Å². The lowest BCUT2D eigenvalue weighted by Crippen LogP contribution is -2.08. The number of fused-ring (bicyclic) bond motifs is 1. The molecule has 0 fully saturated rings. The fraction of sp³-hybridized carbons (Fsp3) is 0.500. The molecule has 0 spiro atoms. The summed E-state index contributed by atoms with van der Waals surface area (Å²) in [5.74, 6) is 1.64. The van der Waals surface area contributed by atoms with Gasteiger partial charge in [-0.2, -0.15) is 5.10 Å². The van der Waals surface area contributed by atoms with Gasteiger partial charge in [0.05, 0.1) is 18.0 Å². The average molecular weight is 299 g/mol. The van der Waals surface area contributed by atoms with Crippen molar-refractivity contribution in [2.75, 3.05) is 25.1 Å². The molecule has 2 aromatic rings. The molecule has 4 heteroatoms. The molecule has 1 aromatic heterocycles. The van der Waals surface area contributed by atoms with Crippen LogP contribution in [0.25, 0.3) is 5.69 Å². The molecule has 0 amide bonds. The summed E-state index contributed by atoms with van der Waals surface area (Å²) in [4.78, 5) is 0. The summed E-state index contributed by atoms with van der Waals surface area (Å²) in [5, 5.41) is 8.39. The van der Waals surface area contributed by atoms with Crippen LogP contribution in [0.2, 0.25) is 0 Å². The van der Waals surface area contributed by atoms with Crippen LogP contribution in [-0.2, 0) is 17.6 Å². The number of para-hydroxylation sites is 1. The van der Waals surface area contributed by atoms with E-state index in [0.29, 0.717) is 5.92 Å². The standard InChI is InChI=1S/C18H25N3O/c1-4-22-12-10-16-15-9-11-19-18(15)21(20-16)17-8-6-5-7-14(17)13(2)3/h5-8,13,19H,4,9-12H2,1-3H3. The zero-order chi connectivity index (χ0) is 15.5. The number of rotatable bonds is 6. The first-order valence-corrected chi connectivity index (χ1v) is 8.24. The molecule has 0 atom stereocenters. The number of hydrogen-bond acceptors (Lipinski definition) is 3. The van der Waals surface area contributed by atoms with Crippen molar-refractivity contribution in [1.29, 1.82) is 0 Å². The second-order valence-electron chi connectivity index (χ2n) is 6.02. The zero-order valence-corrected chi connectivity index (χ0v) is 13.7. The fourth-order valence-electron chi connectivity index (χ4n) is 3.10. The minimum absolute atomic E-state index is 0.476. The Labute approximate surface area is 132 Å². The van der Waals surface area contributed by atoms with Gasteiger partial charge in [0.1, 0.15) is 5.82 Å². The number of benzene rings is 1. The molecule has 1 N–H and O–H groups in total. The molecule has 0 aliphatic carbocycles. The third-order valence-corrected chi connectivity index (χ3v) is 4.21. The van der Waals surface area contributed by atoms with Crippen LogP contribution in [0.4, 0.5) is 5.82 Å². The maximum Gasteiger partial charge on any atom is 0.133 e. The quantitative estimate of drug-likeness (QED) is 0.829. The Morgan fingerprint density at radius 3 is 2.91 bits per heavy atom. The molecule has 0 unspecified atom stereocenters. The molecule has 22 heavy (non-hydrogen) atoms. The lowest BCUT2D eigenvalue weighted by Gasteiger charge is -2.14. The first-order valence-electron chi connectivity index (χ1n) is 8.24. The Morgan fingerprint density at radius 2 is 2.14 bits per heavy atom. The van der Waals surface area contributed by atoms with E-state index in [4.69, 9.17) is 9.84 Å². The fourth-order valence-corrected chi connectivity index (χ4v) is 3.10. The summed E-state index contributed by atoms with van der Waals surface area (Å²) >= 11 is 0. The van der Waals surface area contributed by atoms with Gasteiger partial charge in [0.2, 0.25) is 0 Å². The molecule has 4 nitrogen and oxygen atoms in total. The number of nitrogens with one attached hydrogen (secondary N) is 1. The monoisotopic (exact) mass is 299 g/mol. The van der Waals surface area contributed by atoms with Crippen LogP contribution in [0.3, 0.4) is 0 Å². The maximum atomic E-state index is 5.50. The molecule has 1 aliphatic rings. The lowest BCUT2D eigenvalue weighted by molar-refractivity contribution is 0.150. The lowest BCUT2D eigenvalue weighted by atomic mass is 10.0. The van der Waals surface area contributed by atoms with Crippen molar-refractivity contribution in [3.63, 3.8) is 0 Å². The second kappa shape index (κ2) is 6.53. The van der Waals surface area contributed by atoms with Gasteiger partial charge in [-0.1, -0.05) is 32.0 Å². The Balaban J connectivity index is 2.00. The second-order valence-corrected chi connectivity index (χ2v) is 6.02. The van der Waals surface area contributed by atoms with Crippen molar-refractivity contribution < 1.29 is 4.74 Å². The van der Waals surface area contributed by atoms with E-state index >= 15 is 0 Å². The average Bonchev–Trinajstić information content (AvgIpc) is 3.11. The highest BCUT2D eigenvalue weighted by Crippen LogP contribution is 2.32. The van der Waals surface area contributed by atoms with Crippen LogP contribution >= 0.6 is 0 Å². The Morgan fingerprint density at radius 1 is 1.32 bits per heavy atom.